The van der Waals surface area contributed by atoms with E-state index in [2.05, 4.69) is 0 Å². The molecule has 0 saturated carbocycles. The number of nitrogens with zero attached hydrogens (tertiary/aromatic N) is 2. The van der Waals surface area contributed by atoms with E-state index in [1.807, 2.05) is 31.2 Å². The first-order chi connectivity index (χ1) is 17.5. The Balaban J connectivity index is 1.62. The van der Waals surface area contributed by atoms with Crippen molar-refractivity contribution in [2.75, 3.05) is 12.0 Å². The molecule has 1 aliphatic rings. The fraction of sp³-hybridized carbons (Fsp3) is 0.120. The minimum Gasteiger partial charge on any atom is -0.493 e. The Labute approximate surface area is 223 Å². The molecular formula is C25H20N2O7S3. The number of methoxy groups -OCH3 is 1. The predicted octanol–water partition coefficient (Wildman–Crippen LogP) is 5.39. The summed E-state index contributed by atoms with van der Waals surface area (Å²) in [6, 6.07) is 15.4. The minimum atomic E-state index is -4.39. The minimum absolute atomic E-state index is 0.0910. The van der Waals surface area contributed by atoms with Gasteiger partial charge < -0.3 is 8.92 Å². The number of ether oxygens (including phenoxy) is 1. The van der Waals surface area contributed by atoms with Gasteiger partial charge in [0.15, 0.2) is 15.8 Å². The number of aryl methyl sites for hydroxylation is 2. The van der Waals surface area contributed by atoms with Crippen molar-refractivity contribution in [2.45, 2.75) is 18.7 Å². The normalized spacial score (nSPS) is 14.8. The lowest BCUT2D eigenvalue weighted by Gasteiger charge is -2.16. The van der Waals surface area contributed by atoms with Crippen LogP contribution in [0, 0.1) is 24.0 Å². The number of nitro benzene ring substituents is 1. The SMILES string of the molecule is COc1cc(/C=C2\SC(=S)N(c3ccccc3C)C2=O)ccc1OS(=O)(=O)c1ccc(C)c([N+](=O)[O-])c1. The summed E-state index contributed by atoms with van der Waals surface area (Å²) in [6.07, 6.45) is 1.63. The highest BCUT2D eigenvalue weighted by atomic mass is 32.2. The highest BCUT2D eigenvalue weighted by Crippen LogP contribution is 2.38. The van der Waals surface area contributed by atoms with E-state index in [1.54, 1.807) is 12.1 Å². The van der Waals surface area contributed by atoms with Crippen LogP contribution < -0.4 is 13.8 Å². The van der Waals surface area contributed by atoms with Gasteiger partial charge in [-0.05, 0) is 55.3 Å². The van der Waals surface area contributed by atoms with Crippen LogP contribution in [0.25, 0.3) is 6.08 Å². The third-order valence-electron chi connectivity index (χ3n) is 5.50. The van der Waals surface area contributed by atoms with Gasteiger partial charge in [-0.25, -0.2) is 0 Å². The second-order valence-corrected chi connectivity index (χ2v) is 11.2. The number of carbonyl (C=O) groups is 1. The fourth-order valence-corrected chi connectivity index (χ4v) is 5.84. The van der Waals surface area contributed by atoms with Crippen LogP contribution >= 0.6 is 24.0 Å². The third kappa shape index (κ3) is 5.36. The molecule has 0 bridgehead atoms. The molecule has 1 heterocycles. The van der Waals surface area contributed by atoms with E-state index in [0.717, 1.165) is 23.4 Å². The van der Waals surface area contributed by atoms with Crippen molar-refractivity contribution < 1.29 is 27.1 Å². The van der Waals surface area contributed by atoms with Crippen LogP contribution in [0.3, 0.4) is 0 Å². The van der Waals surface area contributed by atoms with Crippen LogP contribution in [-0.2, 0) is 14.9 Å². The average Bonchev–Trinajstić information content (AvgIpc) is 3.12. The van der Waals surface area contributed by atoms with Gasteiger partial charge >= 0.3 is 10.1 Å². The van der Waals surface area contributed by atoms with E-state index >= 15 is 0 Å². The maximum absolute atomic E-state index is 13.1. The topological polar surface area (TPSA) is 116 Å². The molecule has 9 nitrogen and oxygen atoms in total. The smallest absolute Gasteiger partial charge is 0.339 e. The van der Waals surface area contributed by atoms with Gasteiger partial charge in [-0.15, -0.1) is 0 Å². The summed E-state index contributed by atoms with van der Waals surface area (Å²) >= 11 is 6.59. The van der Waals surface area contributed by atoms with Crippen molar-refractivity contribution in [1.82, 2.24) is 0 Å². The second kappa shape index (κ2) is 10.3. The Morgan fingerprint density at radius 1 is 1.03 bits per heavy atom. The number of amides is 1. The molecule has 0 spiro atoms. The molecule has 3 aromatic carbocycles. The zero-order valence-corrected chi connectivity index (χ0v) is 22.3. The number of hydrogen-bond donors (Lipinski definition) is 0. The summed E-state index contributed by atoms with van der Waals surface area (Å²) in [5.41, 5.74) is 2.14. The van der Waals surface area contributed by atoms with Crippen LogP contribution in [0.2, 0.25) is 0 Å². The van der Waals surface area contributed by atoms with Crippen LogP contribution in [-0.4, -0.2) is 30.7 Å². The quantitative estimate of drug-likeness (QED) is 0.124. The van der Waals surface area contributed by atoms with E-state index in [-0.39, 0.29) is 28.0 Å². The molecule has 3 aromatic rings. The second-order valence-electron chi connectivity index (χ2n) is 7.96. The van der Waals surface area contributed by atoms with Gasteiger partial charge in [-0.2, -0.15) is 8.42 Å². The molecule has 0 aromatic heterocycles. The molecule has 190 valence electrons. The molecule has 0 aliphatic carbocycles. The Hall–Kier alpha value is -3.74. The van der Waals surface area contributed by atoms with E-state index in [0.29, 0.717) is 26.0 Å². The van der Waals surface area contributed by atoms with Crippen molar-refractivity contribution in [1.29, 1.82) is 0 Å². The molecule has 1 saturated heterocycles. The van der Waals surface area contributed by atoms with Crippen molar-refractivity contribution in [3.05, 3.63) is 92.4 Å². The van der Waals surface area contributed by atoms with Crippen LogP contribution in [0.4, 0.5) is 11.4 Å². The van der Waals surface area contributed by atoms with Gasteiger partial charge in [0.1, 0.15) is 4.90 Å². The molecule has 0 N–H and O–H groups in total. The lowest BCUT2D eigenvalue weighted by molar-refractivity contribution is -0.385. The first kappa shape index (κ1) is 26.3. The molecule has 37 heavy (non-hydrogen) atoms. The molecule has 12 heteroatoms. The highest BCUT2D eigenvalue weighted by molar-refractivity contribution is 8.27. The number of thiocarbonyl (C=S) groups is 1. The number of rotatable bonds is 7. The van der Waals surface area contributed by atoms with E-state index in [4.69, 9.17) is 21.1 Å². The van der Waals surface area contributed by atoms with Crippen LogP contribution in [0.15, 0.2) is 70.5 Å². The number of para-hydroxylation sites is 1. The summed E-state index contributed by atoms with van der Waals surface area (Å²) in [5, 5.41) is 11.2. The summed E-state index contributed by atoms with van der Waals surface area (Å²) in [5.74, 6) is -0.296. The summed E-state index contributed by atoms with van der Waals surface area (Å²) < 4.78 is 36.6. The highest BCUT2D eigenvalue weighted by Gasteiger charge is 2.34. The van der Waals surface area contributed by atoms with Gasteiger partial charge in [-0.1, -0.05) is 54.3 Å². The molecule has 0 unspecified atom stereocenters. The molecule has 0 atom stereocenters. The Bertz CT molecular complexity index is 1580. The Morgan fingerprint density at radius 3 is 2.43 bits per heavy atom. The number of carbonyl (C=O) groups excluding carboxylic acids is 1. The van der Waals surface area contributed by atoms with Crippen molar-refractivity contribution in [3.8, 4) is 11.5 Å². The van der Waals surface area contributed by atoms with Crippen LogP contribution in [0.5, 0.6) is 11.5 Å². The summed E-state index contributed by atoms with van der Waals surface area (Å²) in [4.78, 5) is 25.2. The van der Waals surface area contributed by atoms with Gasteiger partial charge in [0, 0.05) is 11.6 Å². The lowest BCUT2D eigenvalue weighted by atomic mass is 10.1. The summed E-state index contributed by atoms with van der Waals surface area (Å²) in [7, 11) is -3.05. The molecule has 0 radical (unpaired) electrons. The first-order valence-electron chi connectivity index (χ1n) is 10.7. The lowest BCUT2D eigenvalue weighted by Crippen LogP contribution is -2.28. The molecule has 1 amide bonds. The maximum Gasteiger partial charge on any atom is 0.339 e. The predicted molar refractivity (Wildman–Crippen MR) is 145 cm³/mol. The zero-order valence-electron chi connectivity index (χ0n) is 19.8. The Morgan fingerprint density at radius 2 is 1.76 bits per heavy atom. The van der Waals surface area contributed by atoms with Crippen molar-refractivity contribution in [3.63, 3.8) is 0 Å². The van der Waals surface area contributed by atoms with Crippen molar-refractivity contribution >= 4 is 61.8 Å². The molecule has 1 aliphatic heterocycles. The standard InChI is InChI=1S/C25H20N2O7S3/c1-15-6-4-5-7-19(15)26-24(28)23(36-25(26)35)13-17-9-11-21(22(12-17)33-3)34-37(31,32)18-10-8-16(2)20(14-18)27(29)30/h4-14H,1-3H3/b23-13-. The third-order valence-corrected chi connectivity index (χ3v) is 8.03. The maximum atomic E-state index is 13.1. The monoisotopic (exact) mass is 556 g/mol. The van der Waals surface area contributed by atoms with Gasteiger partial charge in [0.25, 0.3) is 11.6 Å². The zero-order chi connectivity index (χ0) is 26.9. The van der Waals surface area contributed by atoms with Gasteiger partial charge in [0.2, 0.25) is 0 Å². The fourth-order valence-electron chi connectivity index (χ4n) is 3.59. The number of nitro groups is 1. The number of anilines is 1. The van der Waals surface area contributed by atoms with E-state index in [9.17, 15) is 23.3 Å². The van der Waals surface area contributed by atoms with Gasteiger partial charge in [-0.3, -0.25) is 19.8 Å². The molecule has 1 fully saturated rings. The summed E-state index contributed by atoms with van der Waals surface area (Å²) in [6.45, 7) is 3.40. The van der Waals surface area contributed by atoms with Gasteiger partial charge in [0.05, 0.1) is 22.6 Å². The van der Waals surface area contributed by atoms with Crippen molar-refractivity contribution in [2.24, 2.45) is 0 Å². The Kier molecular flexibility index (Phi) is 7.35. The van der Waals surface area contributed by atoms with E-state index < -0.39 is 15.0 Å². The van der Waals surface area contributed by atoms with E-state index in [1.165, 1.54) is 43.2 Å². The average molecular weight is 557 g/mol. The number of benzene rings is 3. The molecular weight excluding hydrogens is 536 g/mol. The van der Waals surface area contributed by atoms with Crippen LogP contribution in [0.1, 0.15) is 16.7 Å². The number of hydrogen-bond acceptors (Lipinski definition) is 9. The molecule has 4 rings (SSSR count). The first-order valence-corrected chi connectivity index (χ1v) is 13.4. The number of thioether (sulfide) groups is 1. The largest absolute Gasteiger partial charge is 0.493 e.